The first-order valence-electron chi connectivity index (χ1n) is 6.59. The molecule has 0 unspecified atom stereocenters. The zero-order valence-electron chi connectivity index (χ0n) is 11.5. The Hall–Kier alpha value is -2.08. The summed E-state index contributed by atoms with van der Waals surface area (Å²) in [6, 6.07) is 21.3. The largest absolute Gasteiger partial charge is 0.291 e. The third-order valence-electron chi connectivity index (χ3n) is 3.22. The van der Waals surface area contributed by atoms with Crippen LogP contribution in [0.5, 0.6) is 0 Å². The van der Waals surface area contributed by atoms with Gasteiger partial charge >= 0.3 is 0 Å². The van der Waals surface area contributed by atoms with Crippen molar-refractivity contribution in [1.82, 2.24) is 3.93 Å². The topological polar surface area (TPSA) is 49.4 Å². The molecular weight excluding hydrogens is 320 g/mol. The SMILES string of the molecule is O=S(=O)(c1ccccc1)N(Cl)Nc1ccc2ccccc2c1. The molecule has 1 N–H and O–H groups in total. The number of sulfonamides is 1. The molecule has 0 atom stereocenters. The molecule has 4 nitrogen and oxygen atoms in total. The van der Waals surface area contributed by atoms with E-state index >= 15 is 0 Å². The Balaban J connectivity index is 1.88. The zero-order valence-corrected chi connectivity index (χ0v) is 13.1. The lowest BCUT2D eigenvalue weighted by Gasteiger charge is -2.16. The van der Waals surface area contributed by atoms with Crippen molar-refractivity contribution in [2.45, 2.75) is 4.90 Å². The Morgan fingerprint density at radius 2 is 1.45 bits per heavy atom. The lowest BCUT2D eigenvalue weighted by molar-refractivity contribution is 0.559. The summed E-state index contributed by atoms with van der Waals surface area (Å²) in [6.07, 6.45) is 0. The van der Waals surface area contributed by atoms with Gasteiger partial charge in [0.25, 0.3) is 10.0 Å². The summed E-state index contributed by atoms with van der Waals surface area (Å²) in [7, 11) is -3.80. The van der Waals surface area contributed by atoms with E-state index < -0.39 is 10.0 Å². The van der Waals surface area contributed by atoms with Gasteiger partial charge in [0.15, 0.2) is 0 Å². The quantitative estimate of drug-likeness (QED) is 0.580. The number of benzene rings is 3. The number of hydrogen-bond donors (Lipinski definition) is 1. The van der Waals surface area contributed by atoms with Gasteiger partial charge in [0.1, 0.15) is 0 Å². The summed E-state index contributed by atoms with van der Waals surface area (Å²) < 4.78 is 25.3. The molecule has 112 valence electrons. The van der Waals surface area contributed by atoms with Crippen molar-refractivity contribution in [3.05, 3.63) is 72.8 Å². The highest BCUT2D eigenvalue weighted by atomic mass is 35.5. The first-order chi connectivity index (χ1) is 10.6. The minimum absolute atomic E-state index is 0.123. The fraction of sp³-hybridized carbons (Fsp3) is 0. The second-order valence-corrected chi connectivity index (χ2v) is 7.03. The second-order valence-electron chi connectivity index (χ2n) is 4.71. The van der Waals surface area contributed by atoms with Crippen molar-refractivity contribution >= 4 is 38.3 Å². The van der Waals surface area contributed by atoms with Crippen molar-refractivity contribution in [2.24, 2.45) is 0 Å². The van der Waals surface area contributed by atoms with Crippen LogP contribution < -0.4 is 5.43 Å². The highest BCUT2D eigenvalue weighted by Crippen LogP contribution is 2.22. The average Bonchev–Trinajstić information content (AvgIpc) is 2.55. The molecule has 3 aromatic rings. The van der Waals surface area contributed by atoms with Gasteiger partial charge in [0.05, 0.1) is 10.6 Å². The number of nitrogens with one attached hydrogen (secondary N) is 1. The van der Waals surface area contributed by atoms with E-state index in [9.17, 15) is 8.42 Å². The molecule has 0 aliphatic heterocycles. The smallest absolute Gasteiger partial charge is 0.274 e. The molecule has 0 bridgehead atoms. The van der Waals surface area contributed by atoms with E-state index in [-0.39, 0.29) is 4.90 Å². The van der Waals surface area contributed by atoms with E-state index in [4.69, 9.17) is 11.8 Å². The molecular formula is C16H13ClN2O2S. The predicted molar refractivity (Wildman–Crippen MR) is 88.9 cm³/mol. The van der Waals surface area contributed by atoms with Gasteiger partial charge in [-0.25, -0.2) is 8.42 Å². The van der Waals surface area contributed by atoms with Crippen LogP contribution in [-0.4, -0.2) is 12.4 Å². The monoisotopic (exact) mass is 332 g/mol. The summed E-state index contributed by atoms with van der Waals surface area (Å²) in [5.41, 5.74) is 3.27. The van der Waals surface area contributed by atoms with Crippen LogP contribution in [0.25, 0.3) is 10.8 Å². The molecule has 0 aliphatic rings. The van der Waals surface area contributed by atoms with Gasteiger partial charge in [-0.3, -0.25) is 5.43 Å². The maximum absolute atomic E-state index is 12.3. The number of fused-ring (bicyclic) bond motifs is 1. The lowest BCUT2D eigenvalue weighted by atomic mass is 10.1. The Morgan fingerprint density at radius 3 is 2.18 bits per heavy atom. The summed E-state index contributed by atoms with van der Waals surface area (Å²) in [5, 5.41) is 2.06. The number of rotatable bonds is 4. The van der Waals surface area contributed by atoms with E-state index in [1.54, 1.807) is 24.3 Å². The molecule has 6 heteroatoms. The summed E-state index contributed by atoms with van der Waals surface area (Å²) in [6.45, 7) is 0. The van der Waals surface area contributed by atoms with Crippen molar-refractivity contribution < 1.29 is 8.42 Å². The van der Waals surface area contributed by atoms with Crippen molar-refractivity contribution in [3.8, 4) is 0 Å². The van der Waals surface area contributed by atoms with E-state index in [0.717, 1.165) is 10.8 Å². The van der Waals surface area contributed by atoms with E-state index in [0.29, 0.717) is 9.62 Å². The van der Waals surface area contributed by atoms with Crippen LogP contribution >= 0.6 is 11.8 Å². The van der Waals surface area contributed by atoms with E-state index in [2.05, 4.69) is 5.43 Å². The Morgan fingerprint density at radius 1 is 0.818 bits per heavy atom. The van der Waals surface area contributed by atoms with Crippen molar-refractivity contribution in [1.29, 1.82) is 0 Å². The molecule has 0 saturated carbocycles. The van der Waals surface area contributed by atoms with Crippen LogP contribution in [0.1, 0.15) is 0 Å². The number of hydrogen-bond acceptors (Lipinski definition) is 3. The molecule has 0 aliphatic carbocycles. The Kier molecular flexibility index (Phi) is 4.02. The zero-order chi connectivity index (χ0) is 15.6. The fourth-order valence-corrected chi connectivity index (χ4v) is 3.35. The van der Waals surface area contributed by atoms with Gasteiger partial charge in [0.2, 0.25) is 0 Å². The van der Waals surface area contributed by atoms with Crippen molar-refractivity contribution in [2.75, 3.05) is 5.43 Å². The van der Waals surface area contributed by atoms with Crippen LogP contribution in [-0.2, 0) is 10.0 Å². The molecule has 0 heterocycles. The lowest BCUT2D eigenvalue weighted by Crippen LogP contribution is -2.27. The Labute approximate surface area is 134 Å². The molecule has 3 aromatic carbocycles. The minimum atomic E-state index is -3.80. The maximum Gasteiger partial charge on any atom is 0.274 e. The molecule has 22 heavy (non-hydrogen) atoms. The predicted octanol–water partition coefficient (Wildman–Crippen LogP) is 4.01. The molecule has 0 radical (unpaired) electrons. The standard InChI is InChI=1S/C16H13ClN2O2S/c17-19(22(20,21)16-8-2-1-3-9-16)18-15-11-10-13-6-4-5-7-14(13)12-15/h1-12,18H. The van der Waals surface area contributed by atoms with Crippen LogP contribution in [0.15, 0.2) is 77.7 Å². The van der Waals surface area contributed by atoms with E-state index in [1.165, 1.54) is 12.1 Å². The van der Waals surface area contributed by atoms with Crippen LogP contribution in [0.3, 0.4) is 0 Å². The van der Waals surface area contributed by atoms with Gasteiger partial charge in [-0.2, -0.15) is 0 Å². The Bertz CT molecular complexity index is 898. The van der Waals surface area contributed by atoms with Gasteiger partial charge in [-0.1, -0.05) is 48.5 Å². The fourth-order valence-electron chi connectivity index (χ4n) is 2.11. The van der Waals surface area contributed by atoms with Crippen LogP contribution in [0.4, 0.5) is 5.69 Å². The third-order valence-corrected chi connectivity index (χ3v) is 5.23. The molecule has 0 spiro atoms. The van der Waals surface area contributed by atoms with Gasteiger partial charge in [-0.05, 0) is 39.0 Å². The number of nitrogens with zero attached hydrogens (tertiary/aromatic N) is 1. The normalized spacial score (nSPS) is 11.7. The first kappa shape index (κ1) is 14.8. The highest BCUT2D eigenvalue weighted by molar-refractivity contribution is 7.90. The molecule has 0 aromatic heterocycles. The van der Waals surface area contributed by atoms with E-state index in [1.807, 2.05) is 36.4 Å². The third kappa shape index (κ3) is 2.92. The maximum atomic E-state index is 12.3. The number of halogens is 1. The highest BCUT2D eigenvalue weighted by Gasteiger charge is 2.22. The molecule has 3 rings (SSSR count). The molecule has 0 saturated heterocycles. The second kappa shape index (κ2) is 5.96. The minimum Gasteiger partial charge on any atom is -0.291 e. The van der Waals surface area contributed by atoms with Gasteiger partial charge in [0, 0.05) is 11.8 Å². The summed E-state index contributed by atoms with van der Waals surface area (Å²) >= 11 is 5.93. The van der Waals surface area contributed by atoms with Crippen LogP contribution in [0, 0.1) is 0 Å². The van der Waals surface area contributed by atoms with Crippen molar-refractivity contribution in [3.63, 3.8) is 0 Å². The number of anilines is 1. The van der Waals surface area contributed by atoms with Gasteiger partial charge in [-0.15, -0.1) is 0 Å². The summed E-state index contributed by atoms with van der Waals surface area (Å²) in [5.74, 6) is 0. The summed E-state index contributed by atoms with van der Waals surface area (Å²) in [4.78, 5) is 0.123. The number of hydrazine groups is 1. The first-order valence-corrected chi connectivity index (χ1v) is 8.37. The van der Waals surface area contributed by atoms with Crippen LogP contribution in [0.2, 0.25) is 0 Å². The molecule has 0 amide bonds. The molecule has 0 fully saturated rings. The average molecular weight is 333 g/mol. The van der Waals surface area contributed by atoms with Gasteiger partial charge < -0.3 is 0 Å².